The second kappa shape index (κ2) is 5.02. The molecule has 4 nitrogen and oxygen atoms in total. The van der Waals surface area contributed by atoms with E-state index in [4.69, 9.17) is 0 Å². The monoisotopic (exact) mass is 246 g/mol. The summed E-state index contributed by atoms with van der Waals surface area (Å²) in [7, 11) is -3.02. The summed E-state index contributed by atoms with van der Waals surface area (Å²) < 4.78 is 26.3. The highest BCUT2D eigenvalue weighted by molar-refractivity contribution is 7.89. The smallest absolute Gasteiger partial charge is 0.218 e. The molecule has 2 atom stereocenters. The molecule has 0 bridgehead atoms. The third-order valence-corrected chi connectivity index (χ3v) is 6.04. The molecule has 0 aromatic rings. The molecule has 2 aliphatic rings. The van der Waals surface area contributed by atoms with Crippen LogP contribution in [0.3, 0.4) is 0 Å². The summed E-state index contributed by atoms with van der Waals surface area (Å²) in [5, 5.41) is 2.96. The van der Waals surface area contributed by atoms with Gasteiger partial charge in [-0.15, -0.1) is 0 Å². The quantitative estimate of drug-likeness (QED) is 0.798. The lowest BCUT2D eigenvalue weighted by atomic mass is 10.0. The minimum Gasteiger partial charge on any atom is -0.315 e. The number of nitrogens with zero attached hydrogens (tertiary/aromatic N) is 1. The first-order valence-electron chi connectivity index (χ1n) is 6.34. The fourth-order valence-electron chi connectivity index (χ4n) is 2.77. The summed E-state index contributed by atoms with van der Waals surface area (Å²) in [6.07, 6.45) is 4.14. The van der Waals surface area contributed by atoms with Crippen molar-refractivity contribution in [3.8, 4) is 0 Å². The van der Waals surface area contributed by atoms with Crippen molar-refractivity contribution >= 4 is 10.0 Å². The van der Waals surface area contributed by atoms with Gasteiger partial charge in [-0.1, -0.05) is 13.3 Å². The maximum absolute atomic E-state index is 12.3. The largest absolute Gasteiger partial charge is 0.315 e. The van der Waals surface area contributed by atoms with E-state index in [0.29, 0.717) is 12.5 Å². The van der Waals surface area contributed by atoms with Gasteiger partial charge < -0.3 is 5.32 Å². The molecule has 0 spiro atoms. The van der Waals surface area contributed by atoms with Crippen LogP contribution in [0.2, 0.25) is 0 Å². The van der Waals surface area contributed by atoms with Gasteiger partial charge in [-0.25, -0.2) is 12.7 Å². The standard InChI is InChI=1S/C11H22N2O2S/c1-2-3-10-5-7-13(9-10)16(14,15)11-4-6-12-8-11/h10-12H,2-9H2,1H3. The van der Waals surface area contributed by atoms with Crippen LogP contribution < -0.4 is 5.32 Å². The van der Waals surface area contributed by atoms with Crippen molar-refractivity contribution in [1.82, 2.24) is 9.62 Å². The number of sulfonamides is 1. The maximum Gasteiger partial charge on any atom is 0.218 e. The molecule has 16 heavy (non-hydrogen) atoms. The van der Waals surface area contributed by atoms with E-state index in [2.05, 4.69) is 12.2 Å². The van der Waals surface area contributed by atoms with Crippen LogP contribution in [0.25, 0.3) is 0 Å². The highest BCUT2D eigenvalue weighted by atomic mass is 32.2. The molecule has 2 unspecified atom stereocenters. The van der Waals surface area contributed by atoms with Gasteiger partial charge in [-0.3, -0.25) is 0 Å². The van der Waals surface area contributed by atoms with E-state index < -0.39 is 10.0 Å². The molecule has 0 radical (unpaired) electrons. The molecule has 0 aromatic carbocycles. The van der Waals surface area contributed by atoms with Crippen LogP contribution in [-0.4, -0.2) is 44.2 Å². The first kappa shape index (κ1) is 12.3. The maximum atomic E-state index is 12.3. The molecular weight excluding hydrogens is 224 g/mol. The van der Waals surface area contributed by atoms with Crippen LogP contribution in [-0.2, 0) is 10.0 Å². The predicted molar refractivity (Wildman–Crippen MR) is 64.8 cm³/mol. The van der Waals surface area contributed by atoms with Crippen molar-refractivity contribution in [1.29, 1.82) is 0 Å². The fraction of sp³-hybridized carbons (Fsp3) is 1.00. The van der Waals surface area contributed by atoms with E-state index in [1.54, 1.807) is 4.31 Å². The summed E-state index contributed by atoms with van der Waals surface area (Å²) in [5.74, 6) is 0.592. The highest BCUT2D eigenvalue weighted by Gasteiger charge is 2.37. The van der Waals surface area contributed by atoms with Gasteiger partial charge in [0.25, 0.3) is 0 Å². The topological polar surface area (TPSA) is 49.4 Å². The van der Waals surface area contributed by atoms with Gasteiger partial charge in [0.05, 0.1) is 5.25 Å². The van der Waals surface area contributed by atoms with E-state index in [1.807, 2.05) is 0 Å². The molecule has 94 valence electrons. The minimum atomic E-state index is -3.02. The first-order chi connectivity index (χ1) is 7.64. The second-order valence-electron chi connectivity index (χ2n) is 4.96. The molecule has 2 fully saturated rings. The molecule has 0 aliphatic carbocycles. The third kappa shape index (κ3) is 2.41. The number of hydrogen-bond donors (Lipinski definition) is 1. The van der Waals surface area contributed by atoms with Crippen LogP contribution in [0.4, 0.5) is 0 Å². The van der Waals surface area contributed by atoms with Crippen molar-refractivity contribution in [3.63, 3.8) is 0 Å². The Kier molecular flexibility index (Phi) is 3.87. The van der Waals surface area contributed by atoms with Crippen LogP contribution >= 0.6 is 0 Å². The summed E-state index contributed by atoms with van der Waals surface area (Å²) in [4.78, 5) is 0. The van der Waals surface area contributed by atoms with Gasteiger partial charge in [0.15, 0.2) is 0 Å². The summed E-state index contributed by atoms with van der Waals surface area (Å²) in [6.45, 7) is 5.14. The Balaban J connectivity index is 1.97. The zero-order chi connectivity index (χ0) is 11.6. The lowest BCUT2D eigenvalue weighted by Crippen LogP contribution is -2.38. The van der Waals surface area contributed by atoms with E-state index in [9.17, 15) is 8.42 Å². The van der Waals surface area contributed by atoms with Crippen LogP contribution in [0, 0.1) is 5.92 Å². The van der Waals surface area contributed by atoms with Crippen molar-refractivity contribution < 1.29 is 8.42 Å². The average molecular weight is 246 g/mol. The Morgan fingerprint density at radius 1 is 1.38 bits per heavy atom. The van der Waals surface area contributed by atoms with Gasteiger partial charge in [-0.2, -0.15) is 0 Å². The van der Waals surface area contributed by atoms with Gasteiger partial charge >= 0.3 is 0 Å². The molecule has 2 rings (SSSR count). The van der Waals surface area contributed by atoms with Gasteiger partial charge in [0.2, 0.25) is 10.0 Å². The summed E-state index contributed by atoms with van der Waals surface area (Å²) in [6, 6.07) is 0. The molecule has 2 heterocycles. The first-order valence-corrected chi connectivity index (χ1v) is 7.84. The van der Waals surface area contributed by atoms with Gasteiger partial charge in [0, 0.05) is 19.6 Å². The van der Waals surface area contributed by atoms with Crippen molar-refractivity contribution in [2.75, 3.05) is 26.2 Å². The predicted octanol–water partition coefficient (Wildman–Crippen LogP) is 0.800. The molecule has 5 heteroatoms. The molecule has 0 aromatic heterocycles. The zero-order valence-corrected chi connectivity index (χ0v) is 10.8. The Morgan fingerprint density at radius 3 is 2.81 bits per heavy atom. The van der Waals surface area contributed by atoms with Crippen LogP contribution in [0.5, 0.6) is 0 Å². The lowest BCUT2D eigenvalue weighted by Gasteiger charge is -2.20. The van der Waals surface area contributed by atoms with E-state index >= 15 is 0 Å². The SMILES string of the molecule is CCCC1CCN(S(=O)(=O)C2CCNC2)C1. The lowest BCUT2D eigenvalue weighted by molar-refractivity contribution is 0.438. The Labute approximate surface area is 98.4 Å². The highest BCUT2D eigenvalue weighted by Crippen LogP contribution is 2.26. The van der Waals surface area contributed by atoms with Crippen LogP contribution in [0.15, 0.2) is 0 Å². The Morgan fingerprint density at radius 2 is 2.19 bits per heavy atom. The van der Waals surface area contributed by atoms with E-state index in [-0.39, 0.29) is 5.25 Å². The van der Waals surface area contributed by atoms with E-state index in [0.717, 1.165) is 45.3 Å². The van der Waals surface area contributed by atoms with Crippen molar-refractivity contribution in [3.05, 3.63) is 0 Å². The summed E-state index contributed by atoms with van der Waals surface area (Å²) in [5.41, 5.74) is 0. The molecule has 1 N–H and O–H groups in total. The molecule has 0 saturated carbocycles. The normalized spacial score (nSPS) is 32.3. The van der Waals surface area contributed by atoms with Crippen molar-refractivity contribution in [2.24, 2.45) is 5.92 Å². The number of nitrogens with one attached hydrogen (secondary N) is 1. The zero-order valence-electron chi connectivity index (χ0n) is 9.98. The molecular formula is C11H22N2O2S. The Hall–Kier alpha value is -0.130. The van der Waals surface area contributed by atoms with Crippen LogP contribution in [0.1, 0.15) is 32.6 Å². The Bertz CT molecular complexity index is 323. The van der Waals surface area contributed by atoms with E-state index in [1.165, 1.54) is 0 Å². The number of rotatable bonds is 4. The second-order valence-corrected chi connectivity index (χ2v) is 7.17. The minimum absolute atomic E-state index is 0.173. The molecule has 0 amide bonds. The third-order valence-electron chi connectivity index (χ3n) is 3.74. The summed E-state index contributed by atoms with van der Waals surface area (Å²) >= 11 is 0. The molecule has 2 aliphatic heterocycles. The average Bonchev–Trinajstić information content (AvgIpc) is 2.88. The fourth-order valence-corrected chi connectivity index (χ4v) is 4.71. The van der Waals surface area contributed by atoms with Gasteiger partial charge in [-0.05, 0) is 31.7 Å². The molecule has 2 saturated heterocycles. The van der Waals surface area contributed by atoms with Crippen molar-refractivity contribution in [2.45, 2.75) is 37.9 Å². The number of hydrogen-bond acceptors (Lipinski definition) is 3. The van der Waals surface area contributed by atoms with Gasteiger partial charge in [0.1, 0.15) is 0 Å².